The van der Waals surface area contributed by atoms with Crippen molar-refractivity contribution in [2.45, 2.75) is 51.5 Å². The average Bonchev–Trinajstić information content (AvgIpc) is 2.84. The summed E-state index contributed by atoms with van der Waals surface area (Å²) in [5.41, 5.74) is 4.95. The summed E-state index contributed by atoms with van der Waals surface area (Å²) < 4.78 is 23.8. The van der Waals surface area contributed by atoms with E-state index in [1.54, 1.807) is 13.8 Å². The first kappa shape index (κ1) is 18.4. The van der Waals surface area contributed by atoms with Gasteiger partial charge in [-0.25, -0.2) is 14.0 Å². The Morgan fingerprint density at radius 1 is 1.21 bits per heavy atom. The van der Waals surface area contributed by atoms with Crippen molar-refractivity contribution in [3.63, 3.8) is 0 Å². The van der Waals surface area contributed by atoms with E-state index in [1.165, 1.54) is 12.1 Å². The zero-order chi connectivity index (χ0) is 18.1. The summed E-state index contributed by atoms with van der Waals surface area (Å²) in [5.74, 6) is -4.64. The van der Waals surface area contributed by atoms with E-state index < -0.39 is 35.1 Å². The molecule has 0 amide bonds. The molecule has 3 N–H and O–H groups in total. The number of halogens is 1. The molecule has 0 aromatic heterocycles. The topological polar surface area (TPSA) is 98.9 Å². The molecule has 1 aromatic carbocycles. The van der Waals surface area contributed by atoms with Gasteiger partial charge in [-0.05, 0) is 51.0 Å². The van der Waals surface area contributed by atoms with Gasteiger partial charge in [0.1, 0.15) is 5.82 Å². The van der Waals surface area contributed by atoms with E-state index in [9.17, 15) is 19.1 Å². The molecule has 6 nitrogen and oxygen atoms in total. The number of aliphatic hydroxyl groups is 1. The van der Waals surface area contributed by atoms with Crippen molar-refractivity contribution in [3.8, 4) is 0 Å². The first-order valence-electron chi connectivity index (χ1n) is 7.80. The second-order valence-electron chi connectivity index (χ2n) is 6.54. The number of aliphatic hydroxyl groups excluding tert-OH is 1. The minimum Gasteiger partial charge on any atom is -0.409 e. The molecule has 2 unspecified atom stereocenters. The van der Waals surface area contributed by atoms with E-state index in [-0.39, 0.29) is 18.0 Å². The molecule has 1 fully saturated rings. The molecule has 132 valence electrons. The fraction of sp³-hybridized carbons (Fsp3) is 0.529. The molecule has 1 aliphatic heterocycles. The third-order valence-electron chi connectivity index (χ3n) is 4.60. The summed E-state index contributed by atoms with van der Waals surface area (Å²) in [6.45, 7) is 5.10. The summed E-state index contributed by atoms with van der Waals surface area (Å²) in [5, 5.41) is 10.7. The third kappa shape index (κ3) is 3.01. The monoisotopic (exact) mass is 339 g/mol. The van der Waals surface area contributed by atoms with E-state index in [2.05, 4.69) is 0 Å². The van der Waals surface area contributed by atoms with Gasteiger partial charge in [0.05, 0.1) is 11.5 Å². The summed E-state index contributed by atoms with van der Waals surface area (Å²) in [6.07, 6.45) is -0.158. The Bertz CT molecular complexity index is 612. The van der Waals surface area contributed by atoms with Crippen molar-refractivity contribution in [2.75, 3.05) is 0 Å². The van der Waals surface area contributed by atoms with Crippen LogP contribution in [0.3, 0.4) is 0 Å². The predicted octanol–water partition coefficient (Wildman–Crippen LogP) is 1.59. The quantitative estimate of drug-likeness (QED) is 0.603. The zero-order valence-corrected chi connectivity index (χ0v) is 13.9. The number of hydrogen-bond donors (Lipinski definition) is 2. The van der Waals surface area contributed by atoms with Crippen molar-refractivity contribution in [2.24, 2.45) is 11.1 Å². The number of esters is 2. The summed E-state index contributed by atoms with van der Waals surface area (Å²) >= 11 is 0. The number of hydrogen-bond acceptors (Lipinski definition) is 6. The predicted molar refractivity (Wildman–Crippen MR) is 82.9 cm³/mol. The van der Waals surface area contributed by atoms with Gasteiger partial charge >= 0.3 is 11.9 Å². The second kappa shape index (κ2) is 6.49. The first-order chi connectivity index (χ1) is 11.1. The van der Waals surface area contributed by atoms with E-state index in [0.717, 1.165) is 12.1 Å². The van der Waals surface area contributed by atoms with Crippen LogP contribution in [0.5, 0.6) is 0 Å². The fourth-order valence-electron chi connectivity index (χ4n) is 2.75. The van der Waals surface area contributed by atoms with E-state index in [0.29, 0.717) is 6.42 Å². The van der Waals surface area contributed by atoms with Gasteiger partial charge in [0, 0.05) is 11.6 Å². The van der Waals surface area contributed by atoms with Crippen LogP contribution in [0.4, 0.5) is 4.39 Å². The molecule has 24 heavy (non-hydrogen) atoms. The number of carbonyl (C=O) groups excluding carboxylic acids is 2. The van der Waals surface area contributed by atoms with Gasteiger partial charge in [0.25, 0.3) is 5.79 Å². The highest BCUT2D eigenvalue weighted by Crippen LogP contribution is 2.50. The van der Waals surface area contributed by atoms with Gasteiger partial charge in [-0.1, -0.05) is 6.92 Å². The molecule has 1 aliphatic rings. The van der Waals surface area contributed by atoms with Gasteiger partial charge in [0.15, 0.2) is 0 Å². The molecule has 1 heterocycles. The van der Waals surface area contributed by atoms with Crippen LogP contribution in [-0.2, 0) is 24.8 Å². The fourth-order valence-corrected chi connectivity index (χ4v) is 2.75. The molecule has 2 atom stereocenters. The highest BCUT2D eigenvalue weighted by Gasteiger charge is 2.62. The Labute approximate surface area is 139 Å². The highest BCUT2D eigenvalue weighted by atomic mass is 19.1. The molecule has 7 heteroatoms. The molecular weight excluding hydrogens is 317 g/mol. The first-order valence-corrected chi connectivity index (χ1v) is 7.80. The minimum absolute atomic E-state index is 0.224. The van der Waals surface area contributed by atoms with Crippen LogP contribution in [0.25, 0.3) is 0 Å². The van der Waals surface area contributed by atoms with Crippen molar-refractivity contribution in [1.82, 2.24) is 0 Å². The van der Waals surface area contributed by atoms with Crippen molar-refractivity contribution in [3.05, 3.63) is 35.6 Å². The van der Waals surface area contributed by atoms with Crippen LogP contribution < -0.4 is 5.73 Å². The van der Waals surface area contributed by atoms with Crippen LogP contribution in [0, 0.1) is 11.2 Å². The average molecular weight is 339 g/mol. The van der Waals surface area contributed by atoms with Crippen molar-refractivity contribution >= 4 is 11.9 Å². The molecular formula is C17H22FNO5. The molecule has 1 aromatic rings. The van der Waals surface area contributed by atoms with E-state index in [4.69, 9.17) is 15.2 Å². The molecule has 0 aliphatic carbocycles. The Morgan fingerprint density at radius 2 is 1.71 bits per heavy atom. The van der Waals surface area contributed by atoms with Crippen LogP contribution in [-0.4, -0.2) is 29.2 Å². The Kier molecular flexibility index (Phi) is 4.96. The SMILES string of the molecule is CCC(N)CC(O)C(C)(C)C1(c2ccc(F)cc2)OC(=O)C(=O)O1. The Balaban J connectivity index is 2.48. The maximum atomic E-state index is 13.2. The Hall–Kier alpha value is -1.99. The Morgan fingerprint density at radius 3 is 2.17 bits per heavy atom. The maximum absolute atomic E-state index is 13.2. The second-order valence-corrected chi connectivity index (χ2v) is 6.54. The van der Waals surface area contributed by atoms with Crippen LogP contribution in [0.1, 0.15) is 39.2 Å². The van der Waals surface area contributed by atoms with Gasteiger partial charge in [-0.2, -0.15) is 0 Å². The van der Waals surface area contributed by atoms with E-state index in [1.807, 2.05) is 6.92 Å². The maximum Gasteiger partial charge on any atom is 0.421 e. The van der Waals surface area contributed by atoms with Gasteiger partial charge in [0.2, 0.25) is 0 Å². The van der Waals surface area contributed by atoms with Gasteiger partial charge in [-0.15, -0.1) is 0 Å². The van der Waals surface area contributed by atoms with Crippen LogP contribution in [0.15, 0.2) is 24.3 Å². The summed E-state index contributed by atoms with van der Waals surface area (Å²) in [6, 6.07) is 4.77. The largest absolute Gasteiger partial charge is 0.421 e. The lowest BCUT2D eigenvalue weighted by molar-refractivity contribution is -0.256. The molecule has 0 bridgehead atoms. The number of cyclic esters (lactones) is 2. The van der Waals surface area contributed by atoms with Crippen LogP contribution in [0.2, 0.25) is 0 Å². The lowest BCUT2D eigenvalue weighted by Crippen LogP contribution is -2.51. The lowest BCUT2D eigenvalue weighted by atomic mass is 9.72. The number of benzene rings is 1. The molecule has 0 spiro atoms. The summed E-state index contributed by atoms with van der Waals surface area (Å²) in [7, 11) is 0. The molecule has 0 radical (unpaired) electrons. The van der Waals surface area contributed by atoms with Gasteiger partial charge in [-0.3, -0.25) is 0 Å². The number of nitrogens with two attached hydrogens (primary N) is 1. The van der Waals surface area contributed by atoms with Crippen LogP contribution >= 0.6 is 0 Å². The van der Waals surface area contributed by atoms with Crippen molar-refractivity contribution < 1.29 is 28.6 Å². The smallest absolute Gasteiger partial charge is 0.409 e. The molecule has 1 saturated heterocycles. The minimum atomic E-state index is -1.85. The molecule has 2 rings (SSSR count). The number of ether oxygens (including phenoxy) is 2. The highest BCUT2D eigenvalue weighted by molar-refractivity contribution is 6.31. The van der Waals surface area contributed by atoms with E-state index >= 15 is 0 Å². The normalized spacial score (nSPS) is 19.6. The standard InChI is InChI=1S/C17H22FNO5/c1-4-12(19)9-13(20)16(2,3)17(23-14(21)15(22)24-17)10-5-7-11(18)8-6-10/h5-8,12-13,20H,4,9,19H2,1-3H3. The van der Waals surface area contributed by atoms with Gasteiger partial charge < -0.3 is 20.3 Å². The number of carbonyl (C=O) groups is 2. The number of rotatable bonds is 6. The lowest BCUT2D eigenvalue weighted by Gasteiger charge is -2.43. The third-order valence-corrected chi connectivity index (χ3v) is 4.60. The molecule has 0 saturated carbocycles. The summed E-state index contributed by atoms with van der Waals surface area (Å²) in [4.78, 5) is 23.4. The van der Waals surface area contributed by atoms with Crippen molar-refractivity contribution in [1.29, 1.82) is 0 Å². The zero-order valence-electron chi connectivity index (χ0n) is 13.9.